The van der Waals surface area contributed by atoms with Crippen molar-refractivity contribution in [3.8, 4) is 5.75 Å². The van der Waals surface area contributed by atoms with Crippen LogP contribution in [0.3, 0.4) is 0 Å². The van der Waals surface area contributed by atoms with Crippen LogP contribution >= 0.6 is 0 Å². The number of carboxylic acid groups (broad SMARTS) is 2. The molecule has 0 aromatic heterocycles. The van der Waals surface area contributed by atoms with E-state index in [1.54, 1.807) is 0 Å². The number of carboxylic acids is 2. The van der Waals surface area contributed by atoms with Gasteiger partial charge in [0.1, 0.15) is 12.4 Å². The highest BCUT2D eigenvalue weighted by Gasteiger charge is 1.96. The van der Waals surface area contributed by atoms with Gasteiger partial charge < -0.3 is 19.7 Å². The lowest BCUT2D eigenvalue weighted by Crippen LogP contribution is -2.65. The van der Waals surface area contributed by atoms with Crippen LogP contribution in [0.4, 0.5) is 0 Å². The molecular formula is C16H18N2O5. The SMILES string of the molecule is O=C([O-])/C=C\C(=O)O.[NH3+]NCCOc1ccc2ccccc2c1. The van der Waals surface area contributed by atoms with E-state index >= 15 is 0 Å². The fourth-order valence-corrected chi connectivity index (χ4v) is 1.64. The van der Waals surface area contributed by atoms with E-state index in [0.29, 0.717) is 18.8 Å². The Morgan fingerprint density at radius 1 is 1.17 bits per heavy atom. The van der Waals surface area contributed by atoms with Crippen LogP contribution in [0, 0.1) is 0 Å². The monoisotopic (exact) mass is 318 g/mol. The maximum absolute atomic E-state index is 9.53. The zero-order valence-corrected chi connectivity index (χ0v) is 12.4. The maximum atomic E-state index is 9.53. The second kappa shape index (κ2) is 9.93. The summed E-state index contributed by atoms with van der Waals surface area (Å²) in [6, 6.07) is 14.4. The number of hydrogen-bond donors (Lipinski definition) is 3. The minimum atomic E-state index is -1.51. The third-order valence-electron chi connectivity index (χ3n) is 2.63. The summed E-state index contributed by atoms with van der Waals surface area (Å²) in [6.45, 7) is 1.40. The van der Waals surface area contributed by atoms with Gasteiger partial charge in [0.25, 0.3) is 0 Å². The fourth-order valence-electron chi connectivity index (χ4n) is 1.64. The summed E-state index contributed by atoms with van der Waals surface area (Å²) < 4.78 is 5.55. The molecule has 0 aliphatic heterocycles. The minimum Gasteiger partial charge on any atom is -0.545 e. The van der Waals surface area contributed by atoms with E-state index < -0.39 is 11.9 Å². The maximum Gasteiger partial charge on any atom is 0.328 e. The first-order valence-corrected chi connectivity index (χ1v) is 6.76. The first kappa shape index (κ1) is 18.1. The molecule has 7 nitrogen and oxygen atoms in total. The number of hydrogen-bond acceptors (Lipinski definition) is 5. The smallest absolute Gasteiger partial charge is 0.328 e. The van der Waals surface area contributed by atoms with E-state index in [2.05, 4.69) is 35.5 Å². The second-order valence-corrected chi connectivity index (χ2v) is 4.35. The van der Waals surface area contributed by atoms with Gasteiger partial charge in [0.15, 0.2) is 0 Å². The number of quaternary nitrogens is 1. The van der Waals surface area contributed by atoms with Crippen molar-refractivity contribution < 1.29 is 30.4 Å². The lowest BCUT2D eigenvalue weighted by Gasteiger charge is -2.05. The number of benzene rings is 2. The summed E-state index contributed by atoms with van der Waals surface area (Å²) in [5.74, 6) is 1.64. The van der Waals surface area contributed by atoms with E-state index in [0.717, 1.165) is 12.3 Å². The number of rotatable bonds is 6. The number of aliphatic carboxylic acids is 2. The van der Waals surface area contributed by atoms with E-state index in [1.807, 2.05) is 18.2 Å². The van der Waals surface area contributed by atoms with Crippen LogP contribution in [0.5, 0.6) is 5.75 Å². The lowest BCUT2D eigenvalue weighted by atomic mass is 10.1. The molecule has 0 bridgehead atoms. The van der Waals surface area contributed by atoms with Gasteiger partial charge in [-0.05, 0) is 29.0 Å². The van der Waals surface area contributed by atoms with Gasteiger partial charge in [-0.1, -0.05) is 30.3 Å². The van der Waals surface area contributed by atoms with Gasteiger partial charge in [0.2, 0.25) is 0 Å². The van der Waals surface area contributed by atoms with Gasteiger partial charge in [-0.25, -0.2) is 4.79 Å². The molecule has 0 amide bonds. The Labute approximate surface area is 133 Å². The molecule has 2 aromatic carbocycles. The van der Waals surface area contributed by atoms with Gasteiger partial charge in [-0.3, -0.25) is 5.84 Å². The Hall–Kier alpha value is -2.90. The summed E-state index contributed by atoms with van der Waals surface area (Å²) in [5.41, 5.74) is 2.80. The predicted octanol–water partition coefficient (Wildman–Crippen LogP) is -0.658. The molecule has 0 saturated heterocycles. The Morgan fingerprint density at radius 2 is 1.87 bits per heavy atom. The van der Waals surface area contributed by atoms with Gasteiger partial charge in [0, 0.05) is 6.08 Å². The molecule has 122 valence electrons. The van der Waals surface area contributed by atoms with E-state index in [4.69, 9.17) is 9.84 Å². The second-order valence-electron chi connectivity index (χ2n) is 4.35. The molecule has 0 saturated carbocycles. The van der Waals surface area contributed by atoms with Crippen LogP contribution in [-0.4, -0.2) is 30.2 Å². The van der Waals surface area contributed by atoms with Gasteiger partial charge in [0.05, 0.1) is 12.5 Å². The molecule has 0 heterocycles. The molecular weight excluding hydrogens is 300 g/mol. The van der Waals surface area contributed by atoms with Gasteiger partial charge in [-0.2, -0.15) is 5.43 Å². The van der Waals surface area contributed by atoms with Crippen LogP contribution in [0.1, 0.15) is 0 Å². The number of carbonyl (C=O) groups is 2. The Kier molecular flexibility index (Phi) is 7.84. The summed E-state index contributed by atoms with van der Waals surface area (Å²) in [6.07, 6.45) is 0.942. The molecule has 0 aliphatic carbocycles. The number of carbonyl (C=O) groups excluding carboxylic acids is 1. The highest BCUT2D eigenvalue weighted by molar-refractivity contribution is 5.88. The van der Waals surface area contributed by atoms with Crippen LogP contribution in [0.2, 0.25) is 0 Å². The minimum absolute atomic E-state index is 0.447. The van der Waals surface area contributed by atoms with Crippen molar-refractivity contribution in [2.75, 3.05) is 13.2 Å². The van der Waals surface area contributed by atoms with Crippen molar-refractivity contribution in [1.29, 1.82) is 0 Å². The van der Waals surface area contributed by atoms with E-state index in [1.165, 1.54) is 10.8 Å². The van der Waals surface area contributed by atoms with Crippen LogP contribution in [0.15, 0.2) is 54.6 Å². The molecule has 0 radical (unpaired) electrons. The fraction of sp³-hybridized carbons (Fsp3) is 0.125. The number of nitrogens with one attached hydrogen (secondary N) is 1. The highest BCUT2D eigenvalue weighted by Crippen LogP contribution is 2.20. The molecule has 7 heteroatoms. The molecule has 0 spiro atoms. The number of fused-ring (bicyclic) bond motifs is 1. The lowest BCUT2D eigenvalue weighted by molar-refractivity contribution is -0.443. The molecule has 0 aliphatic rings. The Morgan fingerprint density at radius 3 is 2.43 bits per heavy atom. The molecule has 23 heavy (non-hydrogen) atoms. The standard InChI is InChI=1S/C12H14N2O.C4H4O4/c13-14-7-8-15-12-6-5-10-3-1-2-4-11(10)9-12;5-3(6)1-2-4(7)8/h1-6,9,14H,7-8,13H2;1-2H,(H,5,6)(H,7,8)/b;2-1-. The average molecular weight is 318 g/mol. The largest absolute Gasteiger partial charge is 0.545 e. The predicted molar refractivity (Wildman–Crippen MR) is 82.1 cm³/mol. The molecule has 5 N–H and O–H groups in total. The van der Waals surface area contributed by atoms with Crippen molar-refractivity contribution in [3.63, 3.8) is 0 Å². The molecule has 2 aromatic rings. The third-order valence-corrected chi connectivity index (χ3v) is 2.63. The number of ether oxygens (including phenoxy) is 1. The first-order valence-electron chi connectivity index (χ1n) is 6.76. The van der Waals surface area contributed by atoms with Crippen molar-refractivity contribution in [2.45, 2.75) is 0 Å². The molecule has 0 atom stereocenters. The van der Waals surface area contributed by atoms with Crippen molar-refractivity contribution in [3.05, 3.63) is 54.6 Å². The quantitative estimate of drug-likeness (QED) is 0.369. The molecule has 0 unspecified atom stereocenters. The zero-order valence-electron chi connectivity index (χ0n) is 12.4. The first-order chi connectivity index (χ1) is 11.0. The Balaban J connectivity index is 0.000000284. The Bertz CT molecular complexity index is 669. The van der Waals surface area contributed by atoms with E-state index in [-0.39, 0.29) is 0 Å². The average Bonchev–Trinajstić information content (AvgIpc) is 2.54. The van der Waals surface area contributed by atoms with Crippen molar-refractivity contribution in [2.24, 2.45) is 0 Å². The zero-order chi connectivity index (χ0) is 17.1. The summed E-state index contributed by atoms with van der Waals surface area (Å²) in [5, 5.41) is 19.7. The summed E-state index contributed by atoms with van der Waals surface area (Å²) in [7, 11) is 0. The highest BCUT2D eigenvalue weighted by atomic mass is 16.5. The van der Waals surface area contributed by atoms with Crippen molar-refractivity contribution >= 4 is 22.7 Å². The van der Waals surface area contributed by atoms with Crippen molar-refractivity contribution in [1.82, 2.24) is 5.43 Å². The van der Waals surface area contributed by atoms with Gasteiger partial charge in [-0.15, -0.1) is 0 Å². The van der Waals surface area contributed by atoms with Crippen LogP contribution < -0.4 is 21.1 Å². The van der Waals surface area contributed by atoms with Gasteiger partial charge >= 0.3 is 5.97 Å². The van der Waals surface area contributed by atoms with Crippen LogP contribution in [-0.2, 0) is 9.59 Å². The normalized spacial score (nSPS) is 10.1. The third kappa shape index (κ3) is 7.60. The van der Waals surface area contributed by atoms with Crippen LogP contribution in [0.25, 0.3) is 10.8 Å². The summed E-state index contributed by atoms with van der Waals surface area (Å²) in [4.78, 5) is 19.0. The van der Waals surface area contributed by atoms with E-state index in [9.17, 15) is 14.7 Å². The molecule has 2 rings (SSSR count). The summed E-state index contributed by atoms with van der Waals surface area (Å²) >= 11 is 0. The molecule has 0 fully saturated rings. The topological polar surface area (TPSA) is 126 Å².